The summed E-state index contributed by atoms with van der Waals surface area (Å²) in [7, 11) is 0.604. The Morgan fingerprint density at radius 3 is 2.16 bits per heavy atom. The van der Waals surface area contributed by atoms with Crippen LogP contribution in [0.25, 0.3) is 0 Å². The van der Waals surface area contributed by atoms with Gasteiger partial charge in [0.2, 0.25) is 0 Å². The lowest BCUT2D eigenvalue weighted by molar-refractivity contribution is 0.230. The van der Waals surface area contributed by atoms with Gasteiger partial charge in [0, 0.05) is 39.3 Å². The van der Waals surface area contributed by atoms with Crippen LogP contribution in [-0.4, -0.2) is 68.2 Å². The normalized spacial score (nSPS) is 22.9. The first kappa shape index (κ1) is 15.2. The van der Waals surface area contributed by atoms with Gasteiger partial charge in [-0.15, -0.1) is 0 Å². The van der Waals surface area contributed by atoms with Gasteiger partial charge in [-0.25, -0.2) is 0 Å². The summed E-state index contributed by atoms with van der Waals surface area (Å²) in [6.07, 6.45) is 7.15. The number of nitrogens with zero attached hydrogens (tertiary/aromatic N) is 3. The quantitative estimate of drug-likeness (QED) is 0.736. The first-order chi connectivity index (χ1) is 9.01. The molecule has 0 atom stereocenters. The van der Waals surface area contributed by atoms with Crippen LogP contribution in [-0.2, 0) is 10.2 Å². The van der Waals surface area contributed by atoms with Crippen molar-refractivity contribution in [1.82, 2.24) is 13.5 Å². The van der Waals surface area contributed by atoms with E-state index in [-0.39, 0.29) is 0 Å². The fourth-order valence-corrected chi connectivity index (χ4v) is 4.48. The lowest BCUT2D eigenvalue weighted by Crippen LogP contribution is -2.44. The van der Waals surface area contributed by atoms with Crippen LogP contribution in [0.3, 0.4) is 0 Å². The zero-order chi connectivity index (χ0) is 13.9. The molecule has 1 saturated heterocycles. The number of hydrogen-bond acceptors (Lipinski definition) is 3. The zero-order valence-corrected chi connectivity index (χ0v) is 13.0. The summed E-state index contributed by atoms with van der Waals surface area (Å²) >= 11 is 0. The second kappa shape index (κ2) is 6.52. The zero-order valence-electron chi connectivity index (χ0n) is 12.2. The highest BCUT2D eigenvalue weighted by atomic mass is 32.2. The molecule has 19 heavy (non-hydrogen) atoms. The highest BCUT2D eigenvalue weighted by molar-refractivity contribution is 7.86. The Bertz CT molecular complexity index is 373. The van der Waals surface area contributed by atoms with E-state index < -0.39 is 10.2 Å². The lowest BCUT2D eigenvalue weighted by atomic mass is 10.2. The lowest BCUT2D eigenvalue weighted by Gasteiger charge is -2.28. The first-order valence-corrected chi connectivity index (χ1v) is 8.83. The van der Waals surface area contributed by atoms with Crippen LogP contribution in [0.2, 0.25) is 0 Å². The van der Waals surface area contributed by atoms with E-state index in [1.165, 1.54) is 30.0 Å². The Labute approximate surface area is 117 Å². The molecule has 0 amide bonds. The van der Waals surface area contributed by atoms with E-state index in [0.29, 0.717) is 25.7 Å². The first-order valence-electron chi connectivity index (χ1n) is 7.43. The number of hydrogen-bond donors (Lipinski definition) is 0. The molecule has 0 aromatic rings. The predicted octanol–water partition coefficient (Wildman–Crippen LogP) is 1.13. The smallest absolute Gasteiger partial charge is 0.281 e. The third kappa shape index (κ3) is 3.68. The van der Waals surface area contributed by atoms with Crippen molar-refractivity contribution >= 4 is 10.2 Å². The molecular formula is C13H27N3O2S. The molecule has 2 rings (SSSR count). The molecule has 0 radical (unpaired) electrons. The highest BCUT2D eigenvalue weighted by Crippen LogP contribution is 2.22. The van der Waals surface area contributed by atoms with Gasteiger partial charge >= 0.3 is 0 Å². The largest absolute Gasteiger partial charge is 0.302 e. The SMILES string of the molecule is CN(CCN(C)S(=O)(=O)N1CCCC1)C1CCCC1. The van der Waals surface area contributed by atoms with E-state index in [0.717, 1.165) is 19.4 Å². The van der Waals surface area contributed by atoms with Crippen molar-refractivity contribution in [2.45, 2.75) is 44.6 Å². The van der Waals surface area contributed by atoms with Crippen molar-refractivity contribution in [3.63, 3.8) is 0 Å². The Morgan fingerprint density at radius 2 is 1.58 bits per heavy atom. The van der Waals surface area contributed by atoms with E-state index in [9.17, 15) is 8.42 Å². The minimum Gasteiger partial charge on any atom is -0.302 e. The van der Waals surface area contributed by atoms with Crippen LogP contribution < -0.4 is 0 Å². The molecule has 6 heteroatoms. The number of rotatable bonds is 6. The molecule has 5 nitrogen and oxygen atoms in total. The molecule has 0 N–H and O–H groups in total. The molecule has 2 aliphatic rings. The summed E-state index contributed by atoms with van der Waals surface area (Å²) in [4.78, 5) is 2.32. The van der Waals surface area contributed by atoms with Gasteiger partial charge in [-0.05, 0) is 32.7 Å². The highest BCUT2D eigenvalue weighted by Gasteiger charge is 2.29. The Kier molecular flexibility index (Phi) is 5.22. The maximum atomic E-state index is 12.3. The van der Waals surface area contributed by atoms with E-state index in [1.54, 1.807) is 11.4 Å². The summed E-state index contributed by atoms with van der Waals surface area (Å²) in [5.41, 5.74) is 0. The van der Waals surface area contributed by atoms with Crippen LogP contribution in [0.5, 0.6) is 0 Å². The molecular weight excluding hydrogens is 262 g/mol. The topological polar surface area (TPSA) is 43.9 Å². The molecule has 0 unspecified atom stereocenters. The molecule has 1 aliphatic carbocycles. The van der Waals surface area contributed by atoms with Gasteiger partial charge in [-0.1, -0.05) is 12.8 Å². The average Bonchev–Trinajstić information content (AvgIpc) is 3.06. The summed E-state index contributed by atoms with van der Waals surface area (Å²) in [6, 6.07) is 0.655. The van der Waals surface area contributed by atoms with Gasteiger partial charge in [0.15, 0.2) is 0 Å². The van der Waals surface area contributed by atoms with Gasteiger partial charge in [0.05, 0.1) is 0 Å². The summed E-state index contributed by atoms with van der Waals surface area (Å²) in [6.45, 7) is 2.79. The van der Waals surface area contributed by atoms with Crippen molar-refractivity contribution in [3.8, 4) is 0 Å². The van der Waals surface area contributed by atoms with E-state index in [1.807, 2.05) is 0 Å². The van der Waals surface area contributed by atoms with Crippen molar-refractivity contribution in [2.24, 2.45) is 0 Å². The fourth-order valence-electron chi connectivity index (χ4n) is 3.06. The molecule has 1 heterocycles. The predicted molar refractivity (Wildman–Crippen MR) is 77.2 cm³/mol. The van der Waals surface area contributed by atoms with Crippen LogP contribution in [0.15, 0.2) is 0 Å². The molecule has 2 fully saturated rings. The minimum absolute atomic E-state index is 0.589. The fraction of sp³-hybridized carbons (Fsp3) is 1.00. The second-order valence-corrected chi connectivity index (χ2v) is 7.89. The maximum absolute atomic E-state index is 12.3. The third-order valence-corrected chi connectivity index (χ3v) is 6.49. The summed E-state index contributed by atoms with van der Waals surface area (Å²) in [5, 5.41) is 0. The average molecular weight is 289 g/mol. The molecule has 0 bridgehead atoms. The van der Waals surface area contributed by atoms with Crippen molar-refractivity contribution in [2.75, 3.05) is 40.3 Å². The number of likely N-dealkylation sites (N-methyl/N-ethyl adjacent to an activating group) is 2. The monoisotopic (exact) mass is 289 g/mol. The van der Waals surface area contributed by atoms with Crippen LogP contribution in [0.4, 0.5) is 0 Å². The van der Waals surface area contributed by atoms with Crippen LogP contribution >= 0.6 is 0 Å². The van der Waals surface area contributed by atoms with Gasteiger partial charge in [-0.2, -0.15) is 17.0 Å². The summed E-state index contributed by atoms with van der Waals surface area (Å²) < 4.78 is 27.7. The van der Waals surface area contributed by atoms with Crippen LogP contribution in [0, 0.1) is 0 Å². The molecule has 0 spiro atoms. The van der Waals surface area contributed by atoms with Gasteiger partial charge in [0.25, 0.3) is 10.2 Å². The Hall–Kier alpha value is -0.170. The van der Waals surface area contributed by atoms with E-state index in [2.05, 4.69) is 11.9 Å². The van der Waals surface area contributed by atoms with E-state index >= 15 is 0 Å². The minimum atomic E-state index is -3.22. The molecule has 112 valence electrons. The molecule has 0 aromatic heterocycles. The van der Waals surface area contributed by atoms with E-state index in [4.69, 9.17) is 0 Å². The Morgan fingerprint density at radius 1 is 1.00 bits per heavy atom. The van der Waals surface area contributed by atoms with Gasteiger partial charge in [-0.3, -0.25) is 0 Å². The van der Waals surface area contributed by atoms with Crippen molar-refractivity contribution < 1.29 is 8.42 Å². The molecule has 0 aromatic carbocycles. The second-order valence-electron chi connectivity index (χ2n) is 5.85. The molecule has 1 saturated carbocycles. The van der Waals surface area contributed by atoms with Gasteiger partial charge in [0.1, 0.15) is 0 Å². The molecule has 1 aliphatic heterocycles. The Balaban J connectivity index is 1.81. The third-order valence-electron chi connectivity index (χ3n) is 4.50. The van der Waals surface area contributed by atoms with Crippen molar-refractivity contribution in [1.29, 1.82) is 0 Å². The van der Waals surface area contributed by atoms with Crippen molar-refractivity contribution in [3.05, 3.63) is 0 Å². The summed E-state index contributed by atoms with van der Waals surface area (Å²) in [5.74, 6) is 0. The van der Waals surface area contributed by atoms with Crippen LogP contribution in [0.1, 0.15) is 38.5 Å². The van der Waals surface area contributed by atoms with Gasteiger partial charge < -0.3 is 4.90 Å². The maximum Gasteiger partial charge on any atom is 0.281 e. The standard InChI is InChI=1S/C13H27N3O2S/c1-14(13-7-3-4-8-13)11-12-15(2)19(17,18)16-9-5-6-10-16/h13H,3-12H2,1-2H3.